The van der Waals surface area contributed by atoms with Crippen molar-refractivity contribution in [2.75, 3.05) is 12.4 Å². The van der Waals surface area contributed by atoms with Crippen molar-refractivity contribution in [3.8, 4) is 11.8 Å². The van der Waals surface area contributed by atoms with Gasteiger partial charge in [-0.1, -0.05) is 18.2 Å². The Labute approximate surface area is 151 Å². The Hall–Kier alpha value is -3.18. The molecule has 0 radical (unpaired) electrons. The molecule has 1 N–H and O–H groups in total. The van der Waals surface area contributed by atoms with Gasteiger partial charge in [0.25, 0.3) is 11.6 Å². The van der Waals surface area contributed by atoms with Gasteiger partial charge in [-0.05, 0) is 34.1 Å². The fourth-order valence-electron chi connectivity index (χ4n) is 2.00. The average Bonchev–Trinajstić information content (AvgIpc) is 2.61. The zero-order valence-corrected chi connectivity index (χ0v) is 14.6. The molecule has 2 rings (SSSR count). The summed E-state index contributed by atoms with van der Waals surface area (Å²) >= 11 is 3.16. The van der Waals surface area contributed by atoms with Crippen molar-refractivity contribution < 1.29 is 14.5 Å². The number of nitro groups is 1. The van der Waals surface area contributed by atoms with Crippen LogP contribution in [0.4, 0.5) is 11.4 Å². The van der Waals surface area contributed by atoms with Gasteiger partial charge in [0.05, 0.1) is 17.7 Å². The van der Waals surface area contributed by atoms with E-state index in [1.165, 1.54) is 31.4 Å². The van der Waals surface area contributed by atoms with E-state index in [4.69, 9.17) is 4.74 Å². The monoisotopic (exact) mass is 401 g/mol. The lowest BCUT2D eigenvalue weighted by molar-refractivity contribution is -0.384. The van der Waals surface area contributed by atoms with Crippen LogP contribution in [0.25, 0.3) is 6.08 Å². The number of methoxy groups -OCH3 is 1. The first-order valence-electron chi connectivity index (χ1n) is 6.96. The molecule has 2 aromatic carbocycles. The third-order valence-corrected chi connectivity index (χ3v) is 3.87. The fraction of sp³-hybridized carbons (Fsp3) is 0.0588. The summed E-state index contributed by atoms with van der Waals surface area (Å²) in [5, 5.41) is 22.5. The Morgan fingerprint density at radius 3 is 2.68 bits per heavy atom. The highest BCUT2D eigenvalue weighted by atomic mass is 79.9. The van der Waals surface area contributed by atoms with Gasteiger partial charge in [-0.2, -0.15) is 5.26 Å². The van der Waals surface area contributed by atoms with Crippen LogP contribution in [-0.2, 0) is 4.79 Å². The van der Waals surface area contributed by atoms with Crippen LogP contribution in [0.2, 0.25) is 0 Å². The molecule has 0 aliphatic heterocycles. The van der Waals surface area contributed by atoms with Crippen molar-refractivity contribution in [2.24, 2.45) is 0 Å². The second-order valence-electron chi connectivity index (χ2n) is 4.79. The molecule has 0 saturated heterocycles. The van der Waals surface area contributed by atoms with E-state index >= 15 is 0 Å². The Morgan fingerprint density at radius 2 is 2.08 bits per heavy atom. The molecule has 1 amide bonds. The van der Waals surface area contributed by atoms with Gasteiger partial charge in [0.1, 0.15) is 17.4 Å². The van der Waals surface area contributed by atoms with Crippen molar-refractivity contribution in [3.05, 3.63) is 68.2 Å². The zero-order chi connectivity index (χ0) is 18.4. The Morgan fingerprint density at radius 1 is 1.36 bits per heavy atom. The summed E-state index contributed by atoms with van der Waals surface area (Å²) in [4.78, 5) is 22.5. The van der Waals surface area contributed by atoms with Crippen molar-refractivity contribution >= 4 is 39.3 Å². The van der Waals surface area contributed by atoms with E-state index in [9.17, 15) is 20.2 Å². The topological polar surface area (TPSA) is 105 Å². The molecule has 126 valence electrons. The summed E-state index contributed by atoms with van der Waals surface area (Å²) in [5.41, 5.74) is 0.654. The van der Waals surface area contributed by atoms with Crippen LogP contribution in [0, 0.1) is 21.4 Å². The lowest BCUT2D eigenvalue weighted by Crippen LogP contribution is -2.14. The first-order chi connectivity index (χ1) is 12.0. The lowest BCUT2D eigenvalue weighted by Gasteiger charge is -2.08. The number of nitrogens with zero attached hydrogens (tertiary/aromatic N) is 2. The number of anilines is 1. The maximum atomic E-state index is 12.3. The number of para-hydroxylation sites is 1. The first kappa shape index (κ1) is 18.2. The largest absolute Gasteiger partial charge is 0.496 e. The number of nitriles is 1. The van der Waals surface area contributed by atoms with E-state index in [1.54, 1.807) is 24.3 Å². The van der Waals surface area contributed by atoms with Crippen LogP contribution < -0.4 is 10.1 Å². The van der Waals surface area contributed by atoms with Gasteiger partial charge in [0.15, 0.2) is 0 Å². The number of amides is 1. The molecule has 7 nitrogen and oxygen atoms in total. The summed E-state index contributed by atoms with van der Waals surface area (Å²) in [6.45, 7) is 0. The molecule has 0 aliphatic rings. The molecular formula is C17H12BrN3O4. The number of non-ortho nitro benzene ring substituents is 1. The van der Waals surface area contributed by atoms with Crippen LogP contribution in [0.5, 0.6) is 5.75 Å². The maximum Gasteiger partial charge on any atom is 0.270 e. The van der Waals surface area contributed by atoms with E-state index < -0.39 is 10.8 Å². The molecule has 0 spiro atoms. The van der Waals surface area contributed by atoms with Gasteiger partial charge in [0.2, 0.25) is 0 Å². The number of halogens is 1. The van der Waals surface area contributed by atoms with Crippen molar-refractivity contribution in [1.82, 2.24) is 0 Å². The third kappa shape index (κ3) is 4.43. The van der Waals surface area contributed by atoms with E-state index in [-0.39, 0.29) is 11.3 Å². The Kier molecular flexibility index (Phi) is 5.87. The molecule has 0 heterocycles. The molecule has 0 atom stereocenters. The number of rotatable bonds is 5. The van der Waals surface area contributed by atoms with Crippen LogP contribution >= 0.6 is 15.9 Å². The quantitative estimate of drug-likeness (QED) is 0.353. The van der Waals surface area contributed by atoms with Gasteiger partial charge in [-0.3, -0.25) is 14.9 Å². The number of hydrogen-bond acceptors (Lipinski definition) is 5. The highest BCUT2D eigenvalue weighted by molar-refractivity contribution is 9.10. The minimum atomic E-state index is -0.636. The van der Waals surface area contributed by atoms with E-state index in [0.717, 1.165) is 0 Å². The van der Waals surface area contributed by atoms with Crippen LogP contribution in [0.1, 0.15) is 5.56 Å². The first-order valence-corrected chi connectivity index (χ1v) is 7.75. The highest BCUT2D eigenvalue weighted by Crippen LogP contribution is 2.28. The molecule has 0 aromatic heterocycles. The summed E-state index contributed by atoms with van der Waals surface area (Å²) in [6, 6.07) is 12.7. The summed E-state index contributed by atoms with van der Waals surface area (Å²) in [7, 11) is 1.49. The summed E-state index contributed by atoms with van der Waals surface area (Å²) in [6.07, 6.45) is 1.41. The summed E-state index contributed by atoms with van der Waals surface area (Å²) < 4.78 is 5.52. The standard InChI is InChI=1S/C17H12BrN3O4/c1-25-16-5-3-2-4-11(16)8-12(10-19)17(22)20-15-7-6-13(21(23)24)9-14(15)18/h2-9H,1H3,(H,20,22)/b12-8+. The van der Waals surface area contributed by atoms with Crippen LogP contribution in [0.15, 0.2) is 52.5 Å². The van der Waals surface area contributed by atoms with Crippen molar-refractivity contribution in [1.29, 1.82) is 5.26 Å². The molecule has 0 fully saturated rings. The second kappa shape index (κ2) is 8.08. The van der Waals surface area contributed by atoms with E-state index in [1.807, 2.05) is 6.07 Å². The van der Waals surface area contributed by atoms with Crippen molar-refractivity contribution in [3.63, 3.8) is 0 Å². The number of nitro benzene ring substituents is 1. The number of benzene rings is 2. The Balaban J connectivity index is 2.28. The lowest BCUT2D eigenvalue weighted by atomic mass is 10.1. The number of carbonyl (C=O) groups excluding carboxylic acids is 1. The normalized spacial score (nSPS) is 10.7. The number of nitrogens with one attached hydrogen (secondary N) is 1. The molecule has 0 unspecified atom stereocenters. The number of carbonyl (C=O) groups is 1. The van der Waals surface area contributed by atoms with Gasteiger partial charge in [-0.15, -0.1) is 0 Å². The summed E-state index contributed by atoms with van der Waals surface area (Å²) in [5.74, 6) is -0.109. The minimum Gasteiger partial charge on any atom is -0.496 e. The number of ether oxygens (including phenoxy) is 1. The smallest absolute Gasteiger partial charge is 0.270 e. The molecule has 2 aromatic rings. The molecular weight excluding hydrogens is 390 g/mol. The van der Waals surface area contributed by atoms with Crippen LogP contribution in [0.3, 0.4) is 0 Å². The van der Waals surface area contributed by atoms with Gasteiger partial charge < -0.3 is 10.1 Å². The molecule has 0 saturated carbocycles. The van der Waals surface area contributed by atoms with Crippen LogP contribution in [-0.4, -0.2) is 17.9 Å². The number of hydrogen-bond donors (Lipinski definition) is 1. The SMILES string of the molecule is COc1ccccc1/C=C(\C#N)C(=O)Nc1ccc([N+](=O)[O-])cc1Br. The Bertz CT molecular complexity index is 903. The van der Waals surface area contributed by atoms with E-state index in [2.05, 4.69) is 21.2 Å². The maximum absolute atomic E-state index is 12.3. The highest BCUT2D eigenvalue weighted by Gasteiger charge is 2.14. The average molecular weight is 402 g/mol. The molecule has 0 aliphatic carbocycles. The fourth-order valence-corrected chi connectivity index (χ4v) is 2.46. The molecule has 8 heteroatoms. The zero-order valence-electron chi connectivity index (χ0n) is 13.0. The predicted octanol–water partition coefficient (Wildman–Crippen LogP) is 3.91. The minimum absolute atomic E-state index is 0.116. The second-order valence-corrected chi connectivity index (χ2v) is 5.64. The van der Waals surface area contributed by atoms with E-state index in [0.29, 0.717) is 21.5 Å². The molecule has 0 bridgehead atoms. The van der Waals surface area contributed by atoms with Gasteiger partial charge >= 0.3 is 0 Å². The molecule has 25 heavy (non-hydrogen) atoms. The van der Waals surface area contributed by atoms with Gasteiger partial charge in [-0.25, -0.2) is 0 Å². The van der Waals surface area contributed by atoms with Gasteiger partial charge in [0, 0.05) is 22.2 Å². The predicted molar refractivity (Wildman–Crippen MR) is 96.0 cm³/mol. The van der Waals surface area contributed by atoms with Crippen molar-refractivity contribution in [2.45, 2.75) is 0 Å². The third-order valence-electron chi connectivity index (χ3n) is 3.22.